The van der Waals surface area contributed by atoms with Gasteiger partial charge < -0.3 is 32.2 Å². The van der Waals surface area contributed by atoms with Crippen LogP contribution in [0.3, 0.4) is 0 Å². The number of carbonyl (C=O) groups excluding carboxylic acids is 3. The van der Waals surface area contributed by atoms with Crippen LogP contribution in [-0.4, -0.2) is 47.8 Å². The van der Waals surface area contributed by atoms with E-state index in [1.807, 2.05) is 37.3 Å². The Bertz CT molecular complexity index is 1940. The Morgan fingerprint density at radius 2 is 1.79 bits per heavy atom. The number of ether oxygens (including phenoxy) is 1. The molecule has 1 saturated heterocycles. The van der Waals surface area contributed by atoms with Crippen molar-refractivity contribution in [3.63, 3.8) is 0 Å². The lowest BCUT2D eigenvalue weighted by Gasteiger charge is -2.37. The molecule has 1 fully saturated rings. The molecule has 13 heteroatoms. The standard InChI is InChI=1S/C34H32F3N5O4S/c1-17-15-21(46-20-8-4-3-5-9-20)10-11-22(17)33(40)23-12-13-24(38)28-25(23)26(27(39)30(33)43)29(47-28)31(44)41-19-7-6-14-42(16-19)32(45)18(2)34(35,36)37/h3-5,8-13,15,19,27H,2,6-7,14,16,38-40H2,1H3,(H,41,44). The Kier molecular flexibility index (Phi) is 8.10. The Balaban J connectivity index is 1.34. The van der Waals surface area contributed by atoms with E-state index in [1.165, 1.54) is 0 Å². The van der Waals surface area contributed by atoms with E-state index in [1.54, 1.807) is 30.3 Å². The van der Waals surface area contributed by atoms with Gasteiger partial charge in [0.1, 0.15) is 22.6 Å². The molecule has 3 unspecified atom stereocenters. The van der Waals surface area contributed by atoms with Gasteiger partial charge in [0.25, 0.3) is 11.8 Å². The van der Waals surface area contributed by atoms with E-state index in [0.29, 0.717) is 56.8 Å². The maximum Gasteiger partial charge on any atom is 0.421 e. The van der Waals surface area contributed by atoms with Gasteiger partial charge in [0.2, 0.25) is 0 Å². The molecular weight excluding hydrogens is 631 g/mol. The summed E-state index contributed by atoms with van der Waals surface area (Å²) in [5.41, 5.74) is 19.2. The topological polar surface area (TPSA) is 154 Å². The first-order valence-corrected chi connectivity index (χ1v) is 15.7. The molecule has 2 amide bonds. The average Bonchev–Trinajstić information content (AvgIpc) is 3.45. The van der Waals surface area contributed by atoms with E-state index >= 15 is 0 Å². The second-order valence-electron chi connectivity index (χ2n) is 11.8. The number of para-hydroxylation sites is 1. The highest BCUT2D eigenvalue weighted by atomic mass is 32.1. The highest BCUT2D eigenvalue weighted by Crippen LogP contribution is 2.50. The van der Waals surface area contributed by atoms with Gasteiger partial charge in [0.05, 0.1) is 15.6 Å². The molecule has 0 radical (unpaired) electrons. The van der Waals surface area contributed by atoms with Crippen molar-refractivity contribution in [2.75, 3.05) is 18.8 Å². The Morgan fingerprint density at radius 3 is 2.47 bits per heavy atom. The number of Topliss-reactive ketones (excluding diaryl/α,β-unsaturated/α-hetero) is 1. The lowest BCUT2D eigenvalue weighted by Crippen LogP contribution is -2.53. The molecule has 1 aliphatic carbocycles. The number of carbonyl (C=O) groups is 3. The number of hydrogen-bond donors (Lipinski definition) is 4. The molecule has 4 aromatic rings. The van der Waals surface area contributed by atoms with Crippen molar-refractivity contribution in [2.45, 2.75) is 43.6 Å². The van der Waals surface area contributed by atoms with Gasteiger partial charge in [-0.1, -0.05) is 36.9 Å². The number of aryl methyl sites for hydroxylation is 1. The van der Waals surface area contributed by atoms with Gasteiger partial charge in [-0.05, 0) is 66.8 Å². The number of piperidine rings is 1. The average molecular weight is 664 g/mol. The number of alkyl halides is 3. The number of halogens is 3. The summed E-state index contributed by atoms with van der Waals surface area (Å²) >= 11 is 1.06. The van der Waals surface area contributed by atoms with E-state index in [-0.39, 0.29) is 23.5 Å². The number of thiophene rings is 1. The molecule has 0 saturated carbocycles. The van der Waals surface area contributed by atoms with Gasteiger partial charge in [-0.2, -0.15) is 13.2 Å². The first-order valence-electron chi connectivity index (χ1n) is 14.9. The largest absolute Gasteiger partial charge is 0.457 e. The smallest absolute Gasteiger partial charge is 0.421 e. The van der Waals surface area contributed by atoms with Crippen LogP contribution in [0.4, 0.5) is 18.9 Å². The van der Waals surface area contributed by atoms with E-state index < -0.39 is 47.0 Å². The summed E-state index contributed by atoms with van der Waals surface area (Å²) in [6, 6.07) is 15.8. The van der Waals surface area contributed by atoms with Gasteiger partial charge in [-0.3, -0.25) is 14.4 Å². The summed E-state index contributed by atoms with van der Waals surface area (Å²) in [6.07, 6.45) is -4.05. The molecule has 6 rings (SSSR count). The number of likely N-dealkylation sites (tertiary alicyclic amines) is 1. The van der Waals surface area contributed by atoms with Crippen LogP contribution in [0.25, 0.3) is 10.1 Å². The van der Waals surface area contributed by atoms with Crippen molar-refractivity contribution in [3.8, 4) is 11.5 Å². The minimum Gasteiger partial charge on any atom is -0.457 e. The molecule has 9 nitrogen and oxygen atoms in total. The monoisotopic (exact) mass is 663 g/mol. The Morgan fingerprint density at radius 1 is 1.09 bits per heavy atom. The van der Waals surface area contributed by atoms with Gasteiger partial charge in [0, 0.05) is 35.8 Å². The minimum absolute atomic E-state index is 0.102. The first kappa shape index (κ1) is 32.2. The third-order valence-electron chi connectivity index (χ3n) is 8.77. The third-order valence-corrected chi connectivity index (χ3v) is 10.0. The fourth-order valence-corrected chi connectivity index (χ4v) is 7.64. The number of hydrogen-bond acceptors (Lipinski definition) is 8. The molecule has 1 aliphatic heterocycles. The van der Waals surface area contributed by atoms with Crippen LogP contribution in [0.15, 0.2) is 72.8 Å². The molecule has 7 N–H and O–H groups in total. The van der Waals surface area contributed by atoms with Crippen molar-refractivity contribution in [1.29, 1.82) is 0 Å². The Labute approximate surface area is 272 Å². The van der Waals surface area contributed by atoms with Crippen LogP contribution in [-0.2, 0) is 15.1 Å². The van der Waals surface area contributed by atoms with Crippen molar-refractivity contribution >= 4 is 44.7 Å². The molecule has 2 aliphatic rings. The number of nitrogens with one attached hydrogen (secondary N) is 1. The van der Waals surface area contributed by atoms with Gasteiger partial charge in [0.15, 0.2) is 5.78 Å². The number of ketones is 1. The van der Waals surface area contributed by atoms with E-state index in [4.69, 9.17) is 21.9 Å². The molecule has 3 aromatic carbocycles. The van der Waals surface area contributed by atoms with E-state index in [2.05, 4.69) is 11.9 Å². The number of anilines is 1. The highest BCUT2D eigenvalue weighted by Gasteiger charge is 2.49. The molecular formula is C34H32F3N5O4S. The van der Waals surface area contributed by atoms with E-state index in [9.17, 15) is 27.6 Å². The second-order valence-corrected chi connectivity index (χ2v) is 12.9. The normalized spacial score (nSPS) is 21.1. The van der Waals surface area contributed by atoms with Crippen LogP contribution < -0.4 is 27.3 Å². The number of nitrogens with two attached hydrogens (primary N) is 3. The van der Waals surface area contributed by atoms with Crippen LogP contribution in [0.1, 0.15) is 50.8 Å². The van der Waals surface area contributed by atoms with E-state index in [0.717, 1.165) is 16.2 Å². The van der Waals surface area contributed by atoms with Crippen molar-refractivity contribution in [1.82, 2.24) is 10.2 Å². The molecule has 1 aromatic heterocycles. The highest BCUT2D eigenvalue weighted by molar-refractivity contribution is 7.21. The lowest BCUT2D eigenvalue weighted by molar-refractivity contribution is -0.140. The van der Waals surface area contributed by atoms with Crippen molar-refractivity contribution in [2.24, 2.45) is 11.5 Å². The summed E-state index contributed by atoms with van der Waals surface area (Å²) in [5, 5.41) is 3.35. The molecule has 3 atom stereocenters. The van der Waals surface area contributed by atoms with Crippen LogP contribution in [0.5, 0.6) is 11.5 Å². The predicted molar refractivity (Wildman–Crippen MR) is 173 cm³/mol. The molecule has 0 spiro atoms. The third kappa shape index (κ3) is 5.53. The number of rotatable bonds is 6. The van der Waals surface area contributed by atoms with Crippen molar-refractivity contribution < 1.29 is 32.3 Å². The zero-order valence-corrected chi connectivity index (χ0v) is 26.1. The van der Waals surface area contributed by atoms with Crippen molar-refractivity contribution in [3.05, 3.63) is 99.9 Å². The summed E-state index contributed by atoms with van der Waals surface area (Å²) in [5.74, 6) is -1.13. The van der Waals surface area contributed by atoms with Crippen LogP contribution >= 0.6 is 11.3 Å². The zero-order valence-electron chi connectivity index (χ0n) is 25.3. The maximum absolute atomic E-state index is 14.2. The predicted octanol–water partition coefficient (Wildman–Crippen LogP) is 5.21. The second kappa shape index (κ2) is 11.8. The number of benzene rings is 3. The fourth-order valence-electron chi connectivity index (χ4n) is 6.44. The van der Waals surface area contributed by atoms with Crippen LogP contribution in [0.2, 0.25) is 0 Å². The first-order chi connectivity index (χ1) is 22.2. The summed E-state index contributed by atoms with van der Waals surface area (Å²) in [6.45, 7) is 4.69. The number of amides is 2. The molecule has 2 heterocycles. The number of nitrogen functional groups attached to an aromatic ring is 1. The molecule has 0 bridgehead atoms. The fraction of sp³-hybridized carbons (Fsp3) is 0.265. The van der Waals surface area contributed by atoms with Gasteiger partial charge in [-0.15, -0.1) is 11.3 Å². The molecule has 47 heavy (non-hydrogen) atoms. The summed E-state index contributed by atoms with van der Waals surface area (Å²) < 4.78 is 45.8. The number of nitrogens with zero attached hydrogens (tertiary/aromatic N) is 1. The maximum atomic E-state index is 14.2. The lowest BCUT2D eigenvalue weighted by atomic mass is 9.69. The zero-order chi connectivity index (χ0) is 33.8. The Hall–Kier alpha value is -4.72. The SMILES string of the molecule is C=C(C(=O)N1CCCC(NC(=O)c2sc3c(N)ccc4c3c2C(N)C(=O)C4(N)c2ccc(Oc3ccccc3)cc2C)C1)C(F)(F)F. The van der Waals surface area contributed by atoms with Crippen LogP contribution in [0, 0.1) is 6.92 Å². The molecule has 244 valence electrons. The van der Waals surface area contributed by atoms with Gasteiger partial charge in [-0.25, -0.2) is 0 Å². The summed E-state index contributed by atoms with van der Waals surface area (Å²) in [7, 11) is 0. The quantitative estimate of drug-likeness (QED) is 0.163. The van der Waals surface area contributed by atoms with Gasteiger partial charge >= 0.3 is 6.18 Å². The summed E-state index contributed by atoms with van der Waals surface area (Å²) in [4.78, 5) is 41.6. The minimum atomic E-state index is -4.86.